The van der Waals surface area contributed by atoms with Gasteiger partial charge in [-0.15, -0.1) is 0 Å². The van der Waals surface area contributed by atoms with E-state index in [9.17, 15) is 13.2 Å². The molecule has 6 heteroatoms. The minimum Gasteiger partial charge on any atom is -0.355 e. The third-order valence-electron chi connectivity index (χ3n) is 3.21. The van der Waals surface area contributed by atoms with E-state index in [4.69, 9.17) is 0 Å². The lowest BCUT2D eigenvalue weighted by Crippen LogP contribution is -2.35. The Hall–Kier alpha value is -0.620. The highest BCUT2D eigenvalue weighted by Crippen LogP contribution is 2.12. The molecule has 2 N–H and O–H groups in total. The highest BCUT2D eigenvalue weighted by Gasteiger charge is 2.18. The summed E-state index contributed by atoms with van der Waals surface area (Å²) in [4.78, 5) is 11.6. The first kappa shape index (κ1) is 16.4. The summed E-state index contributed by atoms with van der Waals surface area (Å²) in [5.74, 6) is -0.0157. The monoisotopic (exact) mass is 290 g/mol. The Morgan fingerprint density at radius 3 is 2.74 bits per heavy atom. The molecule has 1 rings (SSSR count). The van der Waals surface area contributed by atoms with Crippen molar-refractivity contribution < 1.29 is 13.2 Å². The van der Waals surface area contributed by atoms with Crippen LogP contribution >= 0.6 is 0 Å². The van der Waals surface area contributed by atoms with Crippen molar-refractivity contribution >= 4 is 15.7 Å². The summed E-state index contributed by atoms with van der Waals surface area (Å²) in [6.45, 7) is 6.33. The van der Waals surface area contributed by atoms with Gasteiger partial charge < -0.3 is 10.6 Å². The fourth-order valence-corrected chi connectivity index (χ4v) is 4.04. The second-order valence-electron chi connectivity index (χ2n) is 5.80. The van der Waals surface area contributed by atoms with E-state index in [2.05, 4.69) is 10.6 Å². The van der Waals surface area contributed by atoms with Crippen LogP contribution in [0.2, 0.25) is 0 Å². The van der Waals surface area contributed by atoms with E-state index in [0.717, 1.165) is 19.5 Å². The van der Waals surface area contributed by atoms with Gasteiger partial charge in [-0.1, -0.05) is 13.8 Å². The molecule has 0 aliphatic carbocycles. The molecule has 112 valence electrons. The number of sulfone groups is 1. The average Bonchev–Trinajstić information content (AvgIpc) is 2.27. The van der Waals surface area contributed by atoms with Crippen molar-refractivity contribution in [3.05, 3.63) is 0 Å². The topological polar surface area (TPSA) is 75.3 Å². The molecule has 0 spiro atoms. The van der Waals surface area contributed by atoms with E-state index in [1.54, 1.807) is 0 Å². The van der Waals surface area contributed by atoms with E-state index in [0.29, 0.717) is 12.5 Å². The standard InChI is InChI=1S/C13H26N2O3S/c1-11(2)9-19(17,18)10-13(16)15-7-5-12-4-3-6-14-8-12/h11-12,14H,3-10H2,1-2H3,(H,15,16). The number of hydrogen-bond donors (Lipinski definition) is 2. The summed E-state index contributed by atoms with van der Waals surface area (Å²) in [7, 11) is -3.26. The van der Waals surface area contributed by atoms with Crippen molar-refractivity contribution in [3.8, 4) is 0 Å². The number of rotatable bonds is 7. The Labute approximate surface area is 116 Å². The van der Waals surface area contributed by atoms with Crippen molar-refractivity contribution in [2.24, 2.45) is 11.8 Å². The molecule has 1 unspecified atom stereocenters. The van der Waals surface area contributed by atoms with Crippen molar-refractivity contribution in [2.45, 2.75) is 33.1 Å². The van der Waals surface area contributed by atoms with E-state index in [1.165, 1.54) is 12.8 Å². The molecule has 1 aliphatic heterocycles. The largest absolute Gasteiger partial charge is 0.355 e. The van der Waals surface area contributed by atoms with Crippen LogP contribution in [0.25, 0.3) is 0 Å². The van der Waals surface area contributed by atoms with Gasteiger partial charge in [-0.3, -0.25) is 4.79 Å². The highest BCUT2D eigenvalue weighted by molar-refractivity contribution is 7.92. The molecule has 0 radical (unpaired) electrons. The molecule has 0 bridgehead atoms. The SMILES string of the molecule is CC(C)CS(=O)(=O)CC(=O)NCCC1CCCNC1. The number of carbonyl (C=O) groups is 1. The minimum atomic E-state index is -3.26. The zero-order valence-corrected chi connectivity index (χ0v) is 12.8. The molecule has 1 fully saturated rings. The normalized spacial score (nSPS) is 20.5. The fraction of sp³-hybridized carbons (Fsp3) is 0.923. The van der Waals surface area contributed by atoms with Crippen molar-refractivity contribution in [2.75, 3.05) is 31.1 Å². The van der Waals surface area contributed by atoms with Gasteiger partial charge in [0, 0.05) is 6.54 Å². The summed E-state index contributed by atoms with van der Waals surface area (Å²) >= 11 is 0. The van der Waals surface area contributed by atoms with Gasteiger partial charge in [0.05, 0.1) is 5.75 Å². The lowest BCUT2D eigenvalue weighted by molar-refractivity contribution is -0.118. The average molecular weight is 290 g/mol. The Morgan fingerprint density at radius 2 is 2.16 bits per heavy atom. The Kier molecular flexibility index (Phi) is 6.79. The van der Waals surface area contributed by atoms with Crippen LogP contribution in [0.1, 0.15) is 33.1 Å². The molecular weight excluding hydrogens is 264 g/mol. The Bertz CT molecular complexity index is 373. The number of carbonyl (C=O) groups excluding carboxylic acids is 1. The summed E-state index contributed by atoms with van der Waals surface area (Å²) in [5.41, 5.74) is 0. The second kappa shape index (κ2) is 7.85. The van der Waals surface area contributed by atoms with E-state index < -0.39 is 9.84 Å². The Morgan fingerprint density at radius 1 is 1.42 bits per heavy atom. The van der Waals surface area contributed by atoms with Gasteiger partial charge in [-0.2, -0.15) is 0 Å². The van der Waals surface area contributed by atoms with E-state index >= 15 is 0 Å². The first-order chi connectivity index (χ1) is 8.89. The summed E-state index contributed by atoms with van der Waals surface area (Å²) < 4.78 is 23.3. The molecule has 0 aromatic carbocycles. The maximum absolute atomic E-state index is 11.6. The first-order valence-corrected chi connectivity index (χ1v) is 8.89. The van der Waals surface area contributed by atoms with Gasteiger partial charge >= 0.3 is 0 Å². The maximum atomic E-state index is 11.6. The van der Waals surface area contributed by atoms with E-state index in [-0.39, 0.29) is 23.3 Å². The summed E-state index contributed by atoms with van der Waals surface area (Å²) in [6, 6.07) is 0. The molecule has 1 heterocycles. The van der Waals surface area contributed by atoms with E-state index in [1.807, 2.05) is 13.8 Å². The third-order valence-corrected chi connectivity index (χ3v) is 5.09. The minimum absolute atomic E-state index is 0.0612. The lowest BCUT2D eigenvalue weighted by Gasteiger charge is -2.22. The van der Waals surface area contributed by atoms with Crippen LogP contribution in [0.15, 0.2) is 0 Å². The van der Waals surface area contributed by atoms with Crippen LogP contribution in [0.5, 0.6) is 0 Å². The molecule has 1 aliphatic rings. The Balaban J connectivity index is 2.20. The second-order valence-corrected chi connectivity index (χ2v) is 7.91. The predicted molar refractivity (Wildman–Crippen MR) is 76.7 cm³/mol. The molecule has 0 aromatic rings. The fourth-order valence-electron chi connectivity index (χ4n) is 2.40. The molecular formula is C13H26N2O3S. The highest BCUT2D eigenvalue weighted by atomic mass is 32.2. The number of piperidine rings is 1. The molecule has 0 aromatic heterocycles. The first-order valence-electron chi connectivity index (χ1n) is 7.07. The van der Waals surface area contributed by atoms with Gasteiger partial charge in [0.2, 0.25) is 5.91 Å². The third kappa shape index (κ3) is 7.52. The van der Waals surface area contributed by atoms with Crippen LogP contribution in [0.3, 0.4) is 0 Å². The van der Waals surface area contributed by atoms with Gasteiger partial charge in [-0.25, -0.2) is 8.42 Å². The van der Waals surface area contributed by atoms with Crippen LogP contribution in [0, 0.1) is 11.8 Å². The number of amides is 1. The van der Waals surface area contributed by atoms with Gasteiger partial charge in [0.15, 0.2) is 9.84 Å². The molecule has 1 atom stereocenters. The van der Waals surface area contributed by atoms with Crippen molar-refractivity contribution in [1.29, 1.82) is 0 Å². The van der Waals surface area contributed by atoms with Gasteiger partial charge in [-0.05, 0) is 44.2 Å². The quantitative estimate of drug-likeness (QED) is 0.718. The van der Waals surface area contributed by atoms with Gasteiger partial charge in [0.1, 0.15) is 5.75 Å². The zero-order chi connectivity index (χ0) is 14.3. The molecule has 19 heavy (non-hydrogen) atoms. The molecule has 5 nitrogen and oxygen atoms in total. The zero-order valence-electron chi connectivity index (χ0n) is 11.9. The van der Waals surface area contributed by atoms with Crippen molar-refractivity contribution in [1.82, 2.24) is 10.6 Å². The molecule has 1 saturated heterocycles. The van der Waals surface area contributed by atoms with Crippen LogP contribution < -0.4 is 10.6 Å². The maximum Gasteiger partial charge on any atom is 0.235 e. The van der Waals surface area contributed by atoms with Crippen LogP contribution in [0.4, 0.5) is 0 Å². The van der Waals surface area contributed by atoms with Crippen LogP contribution in [-0.4, -0.2) is 45.5 Å². The lowest BCUT2D eigenvalue weighted by atomic mass is 9.96. The van der Waals surface area contributed by atoms with Crippen LogP contribution in [-0.2, 0) is 14.6 Å². The smallest absolute Gasteiger partial charge is 0.235 e. The summed E-state index contributed by atoms with van der Waals surface area (Å²) in [6.07, 6.45) is 3.29. The summed E-state index contributed by atoms with van der Waals surface area (Å²) in [5, 5.41) is 6.04. The number of nitrogens with one attached hydrogen (secondary N) is 2. The van der Waals surface area contributed by atoms with Gasteiger partial charge in [0.25, 0.3) is 0 Å². The predicted octanol–water partition coefficient (Wildman–Crippen LogP) is 0.563. The molecule has 0 saturated carbocycles. The van der Waals surface area contributed by atoms with Crippen molar-refractivity contribution in [3.63, 3.8) is 0 Å². The molecule has 1 amide bonds. The number of hydrogen-bond acceptors (Lipinski definition) is 4.